The topological polar surface area (TPSA) is 108 Å². The normalized spacial score (nSPS) is 11.0. The molecule has 0 radical (unpaired) electrons. The van der Waals surface area contributed by atoms with Crippen molar-refractivity contribution in [3.8, 4) is 0 Å². The molecule has 0 aliphatic heterocycles. The summed E-state index contributed by atoms with van der Waals surface area (Å²) < 4.78 is 30.8. The molecular weight excluding hydrogens is 375 g/mol. The van der Waals surface area contributed by atoms with Crippen molar-refractivity contribution in [2.24, 2.45) is 0 Å². The summed E-state index contributed by atoms with van der Waals surface area (Å²) in [5.74, 6) is -1.14. The number of benzene rings is 2. The second-order valence-corrected chi connectivity index (χ2v) is 6.59. The zero-order valence-electron chi connectivity index (χ0n) is 14.4. The SMILES string of the molecule is O=C(OCCOP(=O)(O)OCCOC(=O)c1ccccc1)c1ccccc1. The molecule has 1 N–H and O–H groups in total. The van der Waals surface area contributed by atoms with E-state index in [1.54, 1.807) is 60.7 Å². The number of carbonyl (C=O) groups excluding carboxylic acids is 2. The number of phosphoric ester groups is 1. The predicted octanol–water partition coefficient (Wildman–Crippen LogP) is 2.83. The van der Waals surface area contributed by atoms with Gasteiger partial charge in [0.1, 0.15) is 13.2 Å². The van der Waals surface area contributed by atoms with Crippen LogP contribution in [-0.2, 0) is 23.1 Å². The molecule has 2 aromatic carbocycles. The number of rotatable bonds is 10. The van der Waals surface area contributed by atoms with Crippen LogP contribution in [0.3, 0.4) is 0 Å². The molecule has 0 spiro atoms. The quantitative estimate of drug-likeness (QED) is 0.372. The van der Waals surface area contributed by atoms with Crippen LogP contribution in [-0.4, -0.2) is 43.3 Å². The van der Waals surface area contributed by atoms with Gasteiger partial charge in [0, 0.05) is 0 Å². The summed E-state index contributed by atoms with van der Waals surface area (Å²) in [5, 5.41) is 0. The van der Waals surface area contributed by atoms with Gasteiger partial charge in [0.05, 0.1) is 24.3 Å². The number of hydrogen-bond acceptors (Lipinski definition) is 7. The second kappa shape index (κ2) is 10.6. The molecule has 0 unspecified atom stereocenters. The first-order chi connectivity index (χ1) is 13.0. The molecule has 0 aliphatic rings. The average Bonchev–Trinajstić information content (AvgIpc) is 2.69. The van der Waals surface area contributed by atoms with Gasteiger partial charge in [-0.2, -0.15) is 0 Å². The highest BCUT2D eigenvalue weighted by Gasteiger charge is 2.21. The Balaban J connectivity index is 1.60. The van der Waals surface area contributed by atoms with Gasteiger partial charge >= 0.3 is 19.8 Å². The van der Waals surface area contributed by atoms with Crippen molar-refractivity contribution in [2.75, 3.05) is 26.4 Å². The number of phosphoric acid groups is 1. The molecule has 0 saturated carbocycles. The van der Waals surface area contributed by atoms with E-state index in [-0.39, 0.29) is 26.4 Å². The van der Waals surface area contributed by atoms with E-state index < -0.39 is 19.8 Å². The Kier molecular flexibility index (Phi) is 8.16. The lowest BCUT2D eigenvalue weighted by atomic mass is 10.2. The lowest BCUT2D eigenvalue weighted by Gasteiger charge is -2.12. The molecule has 8 nitrogen and oxygen atoms in total. The molecule has 0 amide bonds. The van der Waals surface area contributed by atoms with Crippen LogP contribution in [0.2, 0.25) is 0 Å². The Hall–Kier alpha value is -2.51. The molecule has 144 valence electrons. The standard InChI is InChI=1S/C18H19O8P/c19-17(15-7-3-1-4-8-15)23-11-13-25-27(21,22)26-14-12-24-18(20)16-9-5-2-6-10-16/h1-10H,11-14H2,(H,21,22). The van der Waals surface area contributed by atoms with Gasteiger partial charge in [0.2, 0.25) is 0 Å². The largest absolute Gasteiger partial charge is 0.472 e. The molecule has 0 heterocycles. The van der Waals surface area contributed by atoms with Gasteiger partial charge < -0.3 is 14.4 Å². The summed E-state index contributed by atoms with van der Waals surface area (Å²) in [5.41, 5.74) is 0.724. The number of ether oxygens (including phenoxy) is 2. The summed E-state index contributed by atoms with van der Waals surface area (Å²) >= 11 is 0. The van der Waals surface area contributed by atoms with Crippen LogP contribution in [0.1, 0.15) is 20.7 Å². The molecule has 0 saturated heterocycles. The molecule has 0 bridgehead atoms. The van der Waals surface area contributed by atoms with Crippen molar-refractivity contribution in [3.05, 3.63) is 71.8 Å². The molecule has 0 atom stereocenters. The maximum atomic E-state index is 11.7. The maximum Gasteiger partial charge on any atom is 0.472 e. The van der Waals surface area contributed by atoms with Crippen LogP contribution in [0.5, 0.6) is 0 Å². The van der Waals surface area contributed by atoms with Crippen molar-refractivity contribution in [2.45, 2.75) is 0 Å². The Morgan fingerprint density at radius 1 is 0.704 bits per heavy atom. The average molecular weight is 394 g/mol. The minimum atomic E-state index is -4.34. The Morgan fingerprint density at radius 2 is 1.07 bits per heavy atom. The summed E-state index contributed by atoms with van der Waals surface area (Å²) in [4.78, 5) is 32.9. The highest BCUT2D eigenvalue weighted by molar-refractivity contribution is 7.47. The van der Waals surface area contributed by atoms with E-state index in [0.29, 0.717) is 11.1 Å². The molecule has 0 fully saturated rings. The maximum absolute atomic E-state index is 11.7. The van der Waals surface area contributed by atoms with E-state index in [0.717, 1.165) is 0 Å². The smallest absolute Gasteiger partial charge is 0.460 e. The Bertz CT molecular complexity index is 715. The third-order valence-electron chi connectivity index (χ3n) is 3.16. The summed E-state index contributed by atoms with van der Waals surface area (Å²) in [7, 11) is -4.34. The number of hydrogen-bond donors (Lipinski definition) is 1. The molecule has 2 rings (SSSR count). The Labute approximate surface area is 156 Å². The first kappa shape index (κ1) is 20.8. The van der Waals surface area contributed by atoms with Crippen molar-refractivity contribution in [1.29, 1.82) is 0 Å². The monoisotopic (exact) mass is 394 g/mol. The lowest BCUT2D eigenvalue weighted by Crippen LogP contribution is -2.12. The fraction of sp³-hybridized carbons (Fsp3) is 0.222. The second-order valence-electron chi connectivity index (χ2n) is 5.14. The molecular formula is C18H19O8P. The van der Waals surface area contributed by atoms with Crippen molar-refractivity contribution >= 4 is 19.8 Å². The van der Waals surface area contributed by atoms with Gasteiger partial charge in [-0.25, -0.2) is 14.2 Å². The predicted molar refractivity (Wildman–Crippen MR) is 95.2 cm³/mol. The number of esters is 2. The van der Waals surface area contributed by atoms with Crippen LogP contribution in [0.15, 0.2) is 60.7 Å². The molecule has 27 heavy (non-hydrogen) atoms. The van der Waals surface area contributed by atoms with E-state index in [2.05, 4.69) is 9.05 Å². The third kappa shape index (κ3) is 7.72. The van der Waals surface area contributed by atoms with Crippen LogP contribution in [0, 0.1) is 0 Å². The lowest BCUT2D eigenvalue weighted by molar-refractivity contribution is 0.0356. The van der Waals surface area contributed by atoms with Crippen molar-refractivity contribution in [3.63, 3.8) is 0 Å². The fourth-order valence-electron chi connectivity index (χ4n) is 1.93. The van der Waals surface area contributed by atoms with E-state index in [4.69, 9.17) is 9.47 Å². The van der Waals surface area contributed by atoms with E-state index in [1.807, 2.05) is 0 Å². The van der Waals surface area contributed by atoms with E-state index in [9.17, 15) is 19.0 Å². The van der Waals surface area contributed by atoms with Gasteiger partial charge in [-0.1, -0.05) is 36.4 Å². The van der Waals surface area contributed by atoms with Crippen LogP contribution >= 0.6 is 7.82 Å². The zero-order chi connectivity index (χ0) is 19.5. The van der Waals surface area contributed by atoms with Crippen molar-refractivity contribution in [1.82, 2.24) is 0 Å². The molecule has 0 aromatic heterocycles. The van der Waals surface area contributed by atoms with E-state index in [1.165, 1.54) is 0 Å². The zero-order valence-corrected chi connectivity index (χ0v) is 15.2. The van der Waals surface area contributed by atoms with Crippen LogP contribution in [0.25, 0.3) is 0 Å². The molecule has 0 aliphatic carbocycles. The van der Waals surface area contributed by atoms with Gasteiger partial charge in [-0.05, 0) is 24.3 Å². The highest BCUT2D eigenvalue weighted by Crippen LogP contribution is 2.42. The van der Waals surface area contributed by atoms with Gasteiger partial charge in [-0.15, -0.1) is 0 Å². The minimum Gasteiger partial charge on any atom is -0.460 e. The van der Waals surface area contributed by atoms with Crippen molar-refractivity contribution < 1.29 is 37.6 Å². The third-order valence-corrected chi connectivity index (χ3v) is 4.18. The van der Waals surface area contributed by atoms with Gasteiger partial charge in [0.25, 0.3) is 0 Å². The highest BCUT2D eigenvalue weighted by atomic mass is 31.2. The summed E-state index contributed by atoms with van der Waals surface area (Å²) in [6.45, 7) is -1.08. The van der Waals surface area contributed by atoms with Crippen LogP contribution < -0.4 is 0 Å². The summed E-state index contributed by atoms with van der Waals surface area (Å²) in [6, 6.07) is 16.6. The first-order valence-corrected chi connectivity index (χ1v) is 9.54. The number of carbonyl (C=O) groups is 2. The van der Waals surface area contributed by atoms with Crippen LogP contribution in [0.4, 0.5) is 0 Å². The summed E-state index contributed by atoms with van der Waals surface area (Å²) in [6.07, 6.45) is 0. The Morgan fingerprint density at radius 3 is 1.44 bits per heavy atom. The fourth-order valence-corrected chi connectivity index (χ4v) is 2.61. The van der Waals surface area contributed by atoms with E-state index >= 15 is 0 Å². The molecule has 2 aromatic rings. The molecule has 9 heteroatoms. The van der Waals surface area contributed by atoms with Gasteiger partial charge in [0.15, 0.2) is 0 Å². The first-order valence-electron chi connectivity index (χ1n) is 8.04. The van der Waals surface area contributed by atoms with Gasteiger partial charge in [-0.3, -0.25) is 9.05 Å². The minimum absolute atomic E-state index is 0.218.